The highest BCUT2D eigenvalue weighted by atomic mass is 16.3. The molecule has 1 unspecified atom stereocenters. The van der Waals surface area contributed by atoms with Gasteiger partial charge in [-0.05, 0) is 43.3 Å². The number of fused-ring (bicyclic) bond motifs is 1. The fourth-order valence-corrected chi connectivity index (χ4v) is 3.35. The van der Waals surface area contributed by atoms with Gasteiger partial charge in [0.25, 0.3) is 0 Å². The topological polar surface area (TPSA) is 87.5 Å². The lowest BCUT2D eigenvalue weighted by Gasteiger charge is -2.32. The van der Waals surface area contributed by atoms with E-state index in [1.54, 1.807) is 17.0 Å². The van der Waals surface area contributed by atoms with E-state index in [-0.39, 0.29) is 18.2 Å². The first-order valence-corrected chi connectivity index (χ1v) is 9.42. The number of likely N-dealkylation sites (N-methyl/N-ethyl adjacent to an activating group) is 1. The molecule has 2 N–H and O–H groups in total. The molecule has 7 nitrogen and oxygen atoms in total. The molecule has 28 heavy (non-hydrogen) atoms. The Kier molecular flexibility index (Phi) is 5.08. The summed E-state index contributed by atoms with van der Waals surface area (Å²) in [7, 11) is 0. The fraction of sp³-hybridized carbons (Fsp3) is 0.286. The molecule has 3 aromatic rings. The largest absolute Gasteiger partial charge is 0.436 e. The van der Waals surface area contributed by atoms with Gasteiger partial charge in [-0.3, -0.25) is 9.59 Å². The first kappa shape index (κ1) is 18.2. The third-order valence-electron chi connectivity index (χ3n) is 4.86. The summed E-state index contributed by atoms with van der Waals surface area (Å²) >= 11 is 0. The summed E-state index contributed by atoms with van der Waals surface area (Å²) in [5.74, 6) is 0.323. The zero-order valence-corrected chi connectivity index (χ0v) is 15.6. The molecule has 1 aliphatic rings. The van der Waals surface area contributed by atoms with Crippen molar-refractivity contribution < 1.29 is 14.0 Å². The molecule has 0 saturated carbocycles. The number of carbonyl (C=O) groups excluding carboxylic acids is 2. The smallest absolute Gasteiger partial charge is 0.240 e. The van der Waals surface area contributed by atoms with E-state index in [0.717, 1.165) is 16.7 Å². The Morgan fingerprint density at radius 1 is 1.25 bits per heavy atom. The van der Waals surface area contributed by atoms with Crippen molar-refractivity contribution in [1.29, 1.82) is 0 Å². The molecule has 1 aliphatic heterocycles. The number of oxazole rings is 1. The van der Waals surface area contributed by atoms with Crippen molar-refractivity contribution in [3.8, 4) is 11.5 Å². The molecule has 2 aromatic carbocycles. The Balaban J connectivity index is 1.40. The molecule has 0 bridgehead atoms. The molecule has 0 radical (unpaired) electrons. The van der Waals surface area contributed by atoms with Crippen LogP contribution in [0.4, 0.5) is 5.69 Å². The van der Waals surface area contributed by atoms with Gasteiger partial charge in [-0.1, -0.05) is 12.1 Å². The van der Waals surface area contributed by atoms with E-state index in [2.05, 4.69) is 15.6 Å². The average molecular weight is 378 g/mol. The molecule has 7 heteroatoms. The number of piperazine rings is 1. The van der Waals surface area contributed by atoms with Crippen LogP contribution in [-0.2, 0) is 9.59 Å². The van der Waals surface area contributed by atoms with Gasteiger partial charge < -0.3 is 20.0 Å². The molecule has 1 atom stereocenters. The van der Waals surface area contributed by atoms with E-state index in [1.165, 1.54) is 0 Å². The normalized spacial score (nSPS) is 17.1. The molecule has 4 rings (SSSR count). The van der Waals surface area contributed by atoms with E-state index < -0.39 is 6.04 Å². The van der Waals surface area contributed by atoms with Gasteiger partial charge >= 0.3 is 0 Å². The lowest BCUT2D eigenvalue weighted by Crippen LogP contribution is -2.55. The molecule has 1 fully saturated rings. The Labute approximate surface area is 162 Å². The van der Waals surface area contributed by atoms with Crippen LogP contribution < -0.4 is 10.6 Å². The van der Waals surface area contributed by atoms with Crippen molar-refractivity contribution in [3.63, 3.8) is 0 Å². The first-order valence-electron chi connectivity index (χ1n) is 9.42. The van der Waals surface area contributed by atoms with Crippen LogP contribution in [-0.4, -0.2) is 47.4 Å². The number of para-hydroxylation sites is 2. The summed E-state index contributed by atoms with van der Waals surface area (Å²) in [5.41, 5.74) is 3.04. The van der Waals surface area contributed by atoms with Crippen LogP contribution >= 0.6 is 0 Å². The number of rotatable bonds is 5. The molecule has 2 amide bonds. The van der Waals surface area contributed by atoms with Gasteiger partial charge in [0.05, 0.1) is 12.5 Å². The van der Waals surface area contributed by atoms with Crippen molar-refractivity contribution in [3.05, 3.63) is 48.5 Å². The van der Waals surface area contributed by atoms with E-state index in [0.29, 0.717) is 31.2 Å². The molecule has 1 aromatic heterocycles. The molecule has 144 valence electrons. The highest BCUT2D eigenvalue weighted by Gasteiger charge is 2.29. The highest BCUT2D eigenvalue weighted by Crippen LogP contribution is 2.25. The number of carbonyl (C=O) groups is 2. The summed E-state index contributed by atoms with van der Waals surface area (Å²) in [6, 6.07) is 14.4. The number of benzene rings is 2. The molecular formula is C21H22N4O3. The second-order valence-corrected chi connectivity index (χ2v) is 6.74. The monoisotopic (exact) mass is 378 g/mol. The van der Waals surface area contributed by atoms with Crippen molar-refractivity contribution >= 4 is 28.6 Å². The predicted octanol–water partition coefficient (Wildman–Crippen LogP) is 2.64. The summed E-state index contributed by atoms with van der Waals surface area (Å²) in [5, 5.41) is 5.97. The number of anilines is 1. The van der Waals surface area contributed by atoms with Crippen LogP contribution in [0.5, 0.6) is 0 Å². The van der Waals surface area contributed by atoms with Gasteiger partial charge in [-0.25, -0.2) is 4.98 Å². The maximum atomic E-state index is 12.3. The number of aromatic nitrogens is 1. The maximum Gasteiger partial charge on any atom is 0.240 e. The maximum absolute atomic E-state index is 12.3. The summed E-state index contributed by atoms with van der Waals surface area (Å²) in [6.45, 7) is 4.00. The fourth-order valence-electron chi connectivity index (χ4n) is 3.35. The molecular weight excluding hydrogens is 356 g/mol. The Morgan fingerprint density at radius 3 is 2.79 bits per heavy atom. The zero-order chi connectivity index (χ0) is 19.5. The quantitative estimate of drug-likeness (QED) is 0.713. The SMILES string of the molecule is CCN1CCNC(CC(=O)Nc2ccc(-c3nc4ccccc4o3)cc2)C1=O. The Morgan fingerprint density at radius 2 is 2.04 bits per heavy atom. The molecule has 1 saturated heterocycles. The first-order chi connectivity index (χ1) is 13.6. The second-order valence-electron chi connectivity index (χ2n) is 6.74. The molecule has 0 spiro atoms. The minimum Gasteiger partial charge on any atom is -0.436 e. The lowest BCUT2D eigenvalue weighted by molar-refractivity contribution is -0.137. The number of amides is 2. The second kappa shape index (κ2) is 7.82. The lowest BCUT2D eigenvalue weighted by atomic mass is 10.1. The molecule has 2 heterocycles. The zero-order valence-electron chi connectivity index (χ0n) is 15.6. The van der Waals surface area contributed by atoms with Crippen LogP contribution in [0.25, 0.3) is 22.6 Å². The van der Waals surface area contributed by atoms with E-state index in [4.69, 9.17) is 4.42 Å². The van der Waals surface area contributed by atoms with E-state index in [9.17, 15) is 9.59 Å². The van der Waals surface area contributed by atoms with Crippen LogP contribution in [0.15, 0.2) is 52.9 Å². The number of hydrogen-bond donors (Lipinski definition) is 2. The van der Waals surface area contributed by atoms with Crippen LogP contribution in [0.2, 0.25) is 0 Å². The van der Waals surface area contributed by atoms with E-state index >= 15 is 0 Å². The minimum absolute atomic E-state index is 0.0183. The standard InChI is InChI=1S/C21H22N4O3/c1-2-25-12-11-22-17(21(25)27)13-19(26)23-15-9-7-14(8-10-15)20-24-16-5-3-4-6-18(16)28-20/h3-10,17,22H,2,11-13H2,1H3,(H,23,26). The third kappa shape index (κ3) is 3.75. The summed E-state index contributed by atoms with van der Waals surface area (Å²) in [4.78, 5) is 30.9. The number of nitrogens with one attached hydrogen (secondary N) is 2. The van der Waals surface area contributed by atoms with E-state index in [1.807, 2.05) is 43.3 Å². The average Bonchev–Trinajstić information content (AvgIpc) is 3.14. The van der Waals surface area contributed by atoms with Gasteiger partial charge in [-0.15, -0.1) is 0 Å². The number of nitrogens with zero attached hydrogens (tertiary/aromatic N) is 2. The summed E-state index contributed by atoms with van der Waals surface area (Å²) in [6.07, 6.45) is 0.113. The molecule has 0 aliphatic carbocycles. The minimum atomic E-state index is -0.465. The van der Waals surface area contributed by atoms with Crippen LogP contribution in [0, 0.1) is 0 Å². The Bertz CT molecular complexity index is 963. The van der Waals surface area contributed by atoms with Gasteiger partial charge in [0.2, 0.25) is 17.7 Å². The van der Waals surface area contributed by atoms with Crippen molar-refractivity contribution in [2.24, 2.45) is 0 Å². The summed E-state index contributed by atoms with van der Waals surface area (Å²) < 4.78 is 5.76. The van der Waals surface area contributed by atoms with Crippen LogP contribution in [0.1, 0.15) is 13.3 Å². The van der Waals surface area contributed by atoms with Gasteiger partial charge in [0.1, 0.15) is 5.52 Å². The van der Waals surface area contributed by atoms with Gasteiger partial charge in [0.15, 0.2) is 5.58 Å². The highest BCUT2D eigenvalue weighted by molar-refractivity contribution is 5.95. The third-order valence-corrected chi connectivity index (χ3v) is 4.86. The van der Waals surface area contributed by atoms with Crippen molar-refractivity contribution in [2.75, 3.05) is 25.0 Å². The van der Waals surface area contributed by atoms with Crippen molar-refractivity contribution in [1.82, 2.24) is 15.2 Å². The number of hydrogen-bond acceptors (Lipinski definition) is 5. The van der Waals surface area contributed by atoms with Crippen LogP contribution in [0.3, 0.4) is 0 Å². The van der Waals surface area contributed by atoms with Gasteiger partial charge in [-0.2, -0.15) is 0 Å². The Hall–Kier alpha value is -3.19. The van der Waals surface area contributed by atoms with Gasteiger partial charge in [0, 0.05) is 30.9 Å². The van der Waals surface area contributed by atoms with Crippen molar-refractivity contribution in [2.45, 2.75) is 19.4 Å². The predicted molar refractivity (Wildman–Crippen MR) is 107 cm³/mol.